The zero-order valence-electron chi connectivity index (χ0n) is 14.5. The Morgan fingerprint density at radius 3 is 2.44 bits per heavy atom. The van der Waals surface area contributed by atoms with Crippen LogP contribution >= 0.6 is 11.3 Å². The first kappa shape index (κ1) is 19.1. The first-order valence-electron chi connectivity index (χ1n) is 8.33. The van der Waals surface area contributed by atoms with Gasteiger partial charge >= 0.3 is 0 Å². The van der Waals surface area contributed by atoms with E-state index in [4.69, 9.17) is 5.21 Å². The number of hydrogen-bond donors (Lipinski definition) is 3. The molecule has 2 rings (SSSR count). The molecule has 1 atom stereocenters. The topological polar surface area (TPSA) is 78.4 Å². The maximum absolute atomic E-state index is 12.4. The van der Waals surface area contributed by atoms with Crippen LogP contribution in [0.2, 0.25) is 0 Å². The van der Waals surface area contributed by atoms with Crippen molar-refractivity contribution < 1.29 is 14.8 Å². The lowest BCUT2D eigenvalue weighted by Crippen LogP contribution is -2.34. The Morgan fingerprint density at radius 1 is 1.16 bits per heavy atom. The molecule has 0 aliphatic heterocycles. The molecule has 1 aromatic carbocycles. The van der Waals surface area contributed by atoms with Crippen molar-refractivity contribution in [2.75, 3.05) is 0 Å². The molecule has 25 heavy (non-hydrogen) atoms. The molecule has 0 saturated heterocycles. The highest BCUT2D eigenvalue weighted by Gasteiger charge is 2.22. The smallest absolute Gasteiger partial charge is 0.244 e. The van der Waals surface area contributed by atoms with Crippen LogP contribution in [0.1, 0.15) is 32.3 Å². The average molecular weight is 360 g/mol. The summed E-state index contributed by atoms with van der Waals surface area (Å²) in [6, 6.07) is 12.2. The van der Waals surface area contributed by atoms with E-state index in [0.29, 0.717) is 13.0 Å². The van der Waals surface area contributed by atoms with E-state index in [1.807, 2.05) is 49.6 Å². The largest absolute Gasteiger partial charge is 0.352 e. The number of nitrogens with one attached hydrogen (secondary N) is 2. The summed E-state index contributed by atoms with van der Waals surface area (Å²) in [4.78, 5) is 25.0. The Kier molecular flexibility index (Phi) is 7.16. The molecule has 2 aromatic rings. The van der Waals surface area contributed by atoms with Gasteiger partial charge in [0.15, 0.2) is 0 Å². The Hall–Kier alpha value is -2.18. The number of carbonyl (C=O) groups is 2. The third kappa shape index (κ3) is 5.99. The molecular weight excluding hydrogens is 336 g/mol. The third-order valence-corrected chi connectivity index (χ3v) is 4.83. The molecule has 5 nitrogen and oxygen atoms in total. The predicted molar refractivity (Wildman–Crippen MR) is 99.1 cm³/mol. The van der Waals surface area contributed by atoms with Crippen molar-refractivity contribution in [2.24, 2.45) is 11.8 Å². The number of rotatable bonds is 8. The fourth-order valence-corrected chi connectivity index (χ4v) is 3.42. The molecule has 0 radical (unpaired) electrons. The van der Waals surface area contributed by atoms with Crippen molar-refractivity contribution in [3.05, 3.63) is 47.3 Å². The van der Waals surface area contributed by atoms with Gasteiger partial charge in [0, 0.05) is 23.8 Å². The highest BCUT2D eigenvalue weighted by atomic mass is 32.1. The van der Waals surface area contributed by atoms with Crippen LogP contribution < -0.4 is 10.8 Å². The minimum absolute atomic E-state index is 0.0160. The van der Waals surface area contributed by atoms with Crippen LogP contribution in [0.4, 0.5) is 0 Å². The number of thiophene rings is 1. The molecule has 0 aliphatic carbocycles. The lowest BCUT2D eigenvalue weighted by molar-refractivity contribution is -0.135. The van der Waals surface area contributed by atoms with E-state index in [9.17, 15) is 9.59 Å². The van der Waals surface area contributed by atoms with Crippen LogP contribution in [0, 0.1) is 11.8 Å². The van der Waals surface area contributed by atoms with Gasteiger partial charge in [-0.25, -0.2) is 5.48 Å². The number of amides is 2. The summed E-state index contributed by atoms with van der Waals surface area (Å²) in [7, 11) is 0. The van der Waals surface area contributed by atoms with Crippen molar-refractivity contribution in [1.82, 2.24) is 10.8 Å². The van der Waals surface area contributed by atoms with Crippen molar-refractivity contribution in [2.45, 2.75) is 33.2 Å². The molecule has 0 spiro atoms. The number of hydrogen-bond acceptors (Lipinski definition) is 4. The summed E-state index contributed by atoms with van der Waals surface area (Å²) < 4.78 is 0. The second-order valence-corrected chi connectivity index (χ2v) is 7.41. The maximum Gasteiger partial charge on any atom is 0.244 e. The van der Waals surface area contributed by atoms with Crippen molar-refractivity contribution in [3.8, 4) is 10.4 Å². The van der Waals surface area contributed by atoms with Gasteiger partial charge in [-0.1, -0.05) is 44.2 Å². The minimum Gasteiger partial charge on any atom is -0.352 e. The molecule has 134 valence electrons. The standard InChI is InChI=1S/C19H24N2O3S/c1-13(2)10-16(11-18(22)21-24)19(23)20-12-14-5-7-15(8-6-14)17-4-3-9-25-17/h3-9,13,16,24H,10-12H2,1-2H3,(H,20,23)(H,21,22). The fraction of sp³-hybridized carbons (Fsp3) is 0.368. The summed E-state index contributed by atoms with van der Waals surface area (Å²) in [5.74, 6) is -0.870. The third-order valence-electron chi connectivity index (χ3n) is 3.91. The lowest BCUT2D eigenvalue weighted by Gasteiger charge is -2.18. The maximum atomic E-state index is 12.4. The van der Waals surface area contributed by atoms with Crippen LogP contribution in [0.5, 0.6) is 0 Å². The van der Waals surface area contributed by atoms with Crippen molar-refractivity contribution in [3.63, 3.8) is 0 Å². The molecular formula is C19H24N2O3S. The van der Waals surface area contributed by atoms with Gasteiger partial charge in [-0.05, 0) is 34.9 Å². The van der Waals surface area contributed by atoms with Gasteiger partial charge in [0.1, 0.15) is 0 Å². The van der Waals surface area contributed by atoms with Gasteiger partial charge in [0.05, 0.1) is 0 Å². The van der Waals surface area contributed by atoms with Crippen LogP contribution in [-0.2, 0) is 16.1 Å². The van der Waals surface area contributed by atoms with E-state index in [1.165, 1.54) is 4.88 Å². The molecule has 0 bridgehead atoms. The van der Waals surface area contributed by atoms with E-state index in [-0.39, 0.29) is 18.2 Å². The molecule has 1 heterocycles. The molecule has 1 unspecified atom stereocenters. The van der Waals surface area contributed by atoms with Gasteiger partial charge in [0.2, 0.25) is 11.8 Å². The Morgan fingerprint density at radius 2 is 1.88 bits per heavy atom. The molecule has 3 N–H and O–H groups in total. The lowest BCUT2D eigenvalue weighted by atomic mass is 9.93. The van der Waals surface area contributed by atoms with Crippen LogP contribution in [-0.4, -0.2) is 17.0 Å². The Labute approximate surface area is 152 Å². The number of hydroxylamine groups is 1. The molecule has 0 fully saturated rings. The Bertz CT molecular complexity index is 681. The number of carbonyl (C=O) groups excluding carboxylic acids is 2. The van der Waals surface area contributed by atoms with Crippen LogP contribution in [0.15, 0.2) is 41.8 Å². The highest BCUT2D eigenvalue weighted by Crippen LogP contribution is 2.24. The molecule has 6 heteroatoms. The monoisotopic (exact) mass is 360 g/mol. The van der Waals surface area contributed by atoms with E-state index < -0.39 is 11.8 Å². The number of benzene rings is 1. The summed E-state index contributed by atoms with van der Waals surface area (Å²) in [5.41, 5.74) is 3.76. The zero-order chi connectivity index (χ0) is 18.2. The second kappa shape index (κ2) is 9.34. The first-order valence-corrected chi connectivity index (χ1v) is 9.21. The SMILES string of the molecule is CC(C)CC(CC(=O)NO)C(=O)NCc1ccc(-c2cccs2)cc1. The summed E-state index contributed by atoms with van der Waals surface area (Å²) in [5, 5.41) is 13.6. The van der Waals surface area contributed by atoms with Gasteiger partial charge in [-0.3, -0.25) is 14.8 Å². The zero-order valence-corrected chi connectivity index (χ0v) is 15.3. The van der Waals surface area contributed by atoms with Gasteiger partial charge in [0.25, 0.3) is 0 Å². The highest BCUT2D eigenvalue weighted by molar-refractivity contribution is 7.13. The second-order valence-electron chi connectivity index (χ2n) is 6.46. The molecule has 0 saturated carbocycles. The summed E-state index contributed by atoms with van der Waals surface area (Å²) in [6.07, 6.45) is 0.578. The quantitative estimate of drug-likeness (QED) is 0.497. The predicted octanol–water partition coefficient (Wildman–Crippen LogP) is 3.59. The first-order chi connectivity index (χ1) is 12.0. The molecule has 1 aromatic heterocycles. The van der Waals surface area contributed by atoms with E-state index in [2.05, 4.69) is 11.4 Å². The van der Waals surface area contributed by atoms with E-state index in [0.717, 1.165) is 11.1 Å². The van der Waals surface area contributed by atoms with Gasteiger partial charge in [-0.15, -0.1) is 11.3 Å². The Balaban J connectivity index is 1.93. The van der Waals surface area contributed by atoms with Crippen LogP contribution in [0.25, 0.3) is 10.4 Å². The summed E-state index contributed by atoms with van der Waals surface area (Å²) >= 11 is 1.69. The normalized spacial score (nSPS) is 12.0. The van der Waals surface area contributed by atoms with Gasteiger partial charge < -0.3 is 5.32 Å². The van der Waals surface area contributed by atoms with Crippen molar-refractivity contribution >= 4 is 23.2 Å². The van der Waals surface area contributed by atoms with E-state index >= 15 is 0 Å². The molecule has 2 amide bonds. The van der Waals surface area contributed by atoms with Crippen LogP contribution in [0.3, 0.4) is 0 Å². The fourth-order valence-electron chi connectivity index (χ4n) is 2.68. The van der Waals surface area contributed by atoms with E-state index in [1.54, 1.807) is 16.8 Å². The molecule has 0 aliphatic rings. The van der Waals surface area contributed by atoms with Crippen molar-refractivity contribution in [1.29, 1.82) is 0 Å². The average Bonchev–Trinajstić information content (AvgIpc) is 3.13. The minimum atomic E-state index is -0.541. The summed E-state index contributed by atoms with van der Waals surface area (Å²) in [6.45, 7) is 4.42. The van der Waals surface area contributed by atoms with Gasteiger partial charge in [-0.2, -0.15) is 0 Å².